The molecule has 0 aliphatic heterocycles. The summed E-state index contributed by atoms with van der Waals surface area (Å²) in [6.45, 7) is 0. The number of non-ortho nitro benzene ring substituents is 1. The lowest BCUT2D eigenvalue weighted by Crippen LogP contribution is -2.13. The molecular formula is C31H21N5O3. The number of anilines is 1. The molecule has 0 aliphatic rings. The van der Waals surface area contributed by atoms with Gasteiger partial charge in [0.2, 0.25) is 0 Å². The van der Waals surface area contributed by atoms with Crippen LogP contribution >= 0.6 is 0 Å². The summed E-state index contributed by atoms with van der Waals surface area (Å²) < 4.78 is 1.87. The second-order valence-electron chi connectivity index (χ2n) is 8.58. The number of aromatic nitrogens is 2. The number of carbonyl (C=O) groups excluding carboxylic acids is 1. The predicted octanol–water partition coefficient (Wildman–Crippen LogP) is 6.66. The van der Waals surface area contributed by atoms with Crippen molar-refractivity contribution in [2.75, 3.05) is 5.32 Å². The van der Waals surface area contributed by atoms with E-state index in [1.165, 1.54) is 30.3 Å². The first kappa shape index (κ1) is 24.9. The minimum absolute atomic E-state index is 0.135. The molecular weight excluding hydrogens is 490 g/mol. The number of nitro groups is 1. The van der Waals surface area contributed by atoms with Crippen LogP contribution in [0.5, 0.6) is 0 Å². The smallest absolute Gasteiger partial charge is 0.271 e. The van der Waals surface area contributed by atoms with Crippen molar-refractivity contribution in [1.82, 2.24) is 9.78 Å². The molecule has 4 aromatic carbocycles. The summed E-state index contributed by atoms with van der Waals surface area (Å²) in [6, 6.07) is 36.7. The van der Waals surface area contributed by atoms with Crippen LogP contribution in [0.2, 0.25) is 0 Å². The third kappa shape index (κ3) is 5.63. The van der Waals surface area contributed by atoms with E-state index in [4.69, 9.17) is 5.10 Å². The van der Waals surface area contributed by atoms with Crippen LogP contribution in [-0.4, -0.2) is 20.6 Å². The van der Waals surface area contributed by atoms with Crippen molar-refractivity contribution in [3.05, 3.63) is 137 Å². The van der Waals surface area contributed by atoms with E-state index in [1.54, 1.807) is 12.1 Å². The maximum Gasteiger partial charge on any atom is 0.271 e. The van der Waals surface area contributed by atoms with Gasteiger partial charge in [-0.05, 0) is 35.9 Å². The molecule has 8 nitrogen and oxygen atoms in total. The van der Waals surface area contributed by atoms with Crippen molar-refractivity contribution in [3.63, 3.8) is 0 Å². The Morgan fingerprint density at radius 2 is 1.54 bits per heavy atom. The van der Waals surface area contributed by atoms with Gasteiger partial charge in [0.1, 0.15) is 11.6 Å². The SMILES string of the molecule is N#CC(=Cc1ccc(-n2nc(-c3ccccc3)cc2-c2ccccc2)cc1)C(=O)Nc1cccc([N+](=O)[O-])c1. The standard InChI is InChI=1S/C31H21N5O3/c32-21-25(31(37)33-26-12-7-13-28(19-26)36(38)39)18-22-14-16-27(17-15-22)35-30(24-10-5-2-6-11-24)20-29(34-35)23-8-3-1-4-9-23/h1-20H,(H,33,37). The molecule has 5 aromatic rings. The molecule has 188 valence electrons. The normalized spacial score (nSPS) is 11.0. The molecule has 0 saturated heterocycles. The largest absolute Gasteiger partial charge is 0.321 e. The summed E-state index contributed by atoms with van der Waals surface area (Å²) in [5, 5.41) is 28.0. The van der Waals surface area contributed by atoms with Crippen molar-refractivity contribution >= 4 is 23.4 Å². The van der Waals surface area contributed by atoms with Gasteiger partial charge < -0.3 is 5.32 Å². The molecule has 0 unspecified atom stereocenters. The van der Waals surface area contributed by atoms with Gasteiger partial charge in [-0.1, -0.05) is 78.9 Å². The van der Waals surface area contributed by atoms with E-state index in [2.05, 4.69) is 5.32 Å². The topological polar surface area (TPSA) is 114 Å². The van der Waals surface area contributed by atoms with Gasteiger partial charge in [-0.2, -0.15) is 10.4 Å². The summed E-state index contributed by atoms with van der Waals surface area (Å²) in [4.78, 5) is 23.1. The third-order valence-corrected chi connectivity index (χ3v) is 5.98. The highest BCUT2D eigenvalue weighted by atomic mass is 16.6. The van der Waals surface area contributed by atoms with E-state index < -0.39 is 10.8 Å². The van der Waals surface area contributed by atoms with Crippen LogP contribution in [0.3, 0.4) is 0 Å². The molecule has 1 N–H and O–H groups in total. The number of hydrogen-bond acceptors (Lipinski definition) is 5. The predicted molar refractivity (Wildman–Crippen MR) is 150 cm³/mol. The molecule has 0 aliphatic carbocycles. The number of nitrogens with zero attached hydrogens (tertiary/aromatic N) is 4. The van der Waals surface area contributed by atoms with E-state index in [0.29, 0.717) is 5.56 Å². The maximum atomic E-state index is 12.7. The Balaban J connectivity index is 1.43. The summed E-state index contributed by atoms with van der Waals surface area (Å²) >= 11 is 0. The average molecular weight is 512 g/mol. The van der Waals surface area contributed by atoms with Crippen molar-refractivity contribution in [2.45, 2.75) is 0 Å². The third-order valence-electron chi connectivity index (χ3n) is 5.98. The lowest BCUT2D eigenvalue weighted by atomic mass is 10.1. The molecule has 1 amide bonds. The number of rotatable bonds is 7. The second-order valence-corrected chi connectivity index (χ2v) is 8.58. The Morgan fingerprint density at radius 3 is 2.18 bits per heavy atom. The fraction of sp³-hybridized carbons (Fsp3) is 0. The lowest BCUT2D eigenvalue weighted by Gasteiger charge is -2.08. The first-order valence-electron chi connectivity index (χ1n) is 12.0. The number of benzene rings is 4. The Kier molecular flexibility index (Phi) is 7.06. The van der Waals surface area contributed by atoms with Crippen LogP contribution in [-0.2, 0) is 4.79 Å². The molecule has 0 atom stereocenters. The Bertz CT molecular complexity index is 1720. The van der Waals surface area contributed by atoms with Crippen molar-refractivity contribution in [1.29, 1.82) is 5.26 Å². The zero-order chi connectivity index (χ0) is 27.2. The van der Waals surface area contributed by atoms with Gasteiger partial charge in [-0.25, -0.2) is 4.68 Å². The van der Waals surface area contributed by atoms with Gasteiger partial charge in [-0.3, -0.25) is 14.9 Å². The van der Waals surface area contributed by atoms with Crippen molar-refractivity contribution in [2.24, 2.45) is 0 Å². The summed E-state index contributed by atoms with van der Waals surface area (Å²) in [5.74, 6) is -0.659. The van der Waals surface area contributed by atoms with Crippen LogP contribution in [0.25, 0.3) is 34.3 Å². The fourth-order valence-corrected chi connectivity index (χ4v) is 4.07. The van der Waals surface area contributed by atoms with E-state index >= 15 is 0 Å². The molecule has 0 radical (unpaired) electrons. The minimum atomic E-state index is -0.659. The zero-order valence-corrected chi connectivity index (χ0v) is 20.6. The quantitative estimate of drug-likeness (QED) is 0.114. The van der Waals surface area contributed by atoms with Gasteiger partial charge in [0.15, 0.2) is 0 Å². The molecule has 1 heterocycles. The number of nitrogens with one attached hydrogen (secondary N) is 1. The van der Waals surface area contributed by atoms with Crippen molar-refractivity contribution in [3.8, 4) is 34.3 Å². The van der Waals surface area contributed by atoms with Crippen molar-refractivity contribution < 1.29 is 9.72 Å². The highest BCUT2D eigenvalue weighted by Crippen LogP contribution is 2.29. The van der Waals surface area contributed by atoms with E-state index in [-0.39, 0.29) is 16.9 Å². The van der Waals surface area contributed by atoms with Gasteiger partial charge in [0, 0.05) is 28.9 Å². The molecule has 0 saturated carbocycles. The van der Waals surface area contributed by atoms with Crippen LogP contribution in [0.4, 0.5) is 11.4 Å². The van der Waals surface area contributed by atoms with Gasteiger partial charge >= 0.3 is 0 Å². The van der Waals surface area contributed by atoms with Crippen LogP contribution in [0.15, 0.2) is 121 Å². The van der Waals surface area contributed by atoms with Crippen LogP contribution in [0, 0.1) is 21.4 Å². The Morgan fingerprint density at radius 1 is 0.872 bits per heavy atom. The van der Waals surface area contributed by atoms with E-state index in [0.717, 1.165) is 28.2 Å². The zero-order valence-electron chi connectivity index (χ0n) is 20.6. The van der Waals surface area contributed by atoms with Gasteiger partial charge in [-0.15, -0.1) is 0 Å². The molecule has 5 rings (SSSR count). The Hall–Kier alpha value is -5.81. The molecule has 0 bridgehead atoms. The monoisotopic (exact) mass is 511 g/mol. The number of nitro benzene ring substituents is 1. The fourth-order valence-electron chi connectivity index (χ4n) is 4.07. The summed E-state index contributed by atoms with van der Waals surface area (Å²) in [7, 11) is 0. The number of nitriles is 1. The number of hydrogen-bond donors (Lipinski definition) is 1. The molecule has 0 fully saturated rings. The van der Waals surface area contributed by atoms with Crippen LogP contribution < -0.4 is 5.32 Å². The highest BCUT2D eigenvalue weighted by molar-refractivity contribution is 6.09. The van der Waals surface area contributed by atoms with E-state index in [9.17, 15) is 20.2 Å². The second kappa shape index (κ2) is 11.1. The molecule has 0 spiro atoms. The number of amides is 1. The molecule has 39 heavy (non-hydrogen) atoms. The average Bonchev–Trinajstić information content (AvgIpc) is 3.43. The minimum Gasteiger partial charge on any atom is -0.321 e. The Labute approximate surface area is 224 Å². The van der Waals surface area contributed by atoms with E-state index in [1.807, 2.05) is 89.6 Å². The summed E-state index contributed by atoms with van der Waals surface area (Å²) in [5.41, 5.74) is 5.16. The molecule has 1 aromatic heterocycles. The lowest BCUT2D eigenvalue weighted by molar-refractivity contribution is -0.384. The number of carbonyl (C=O) groups is 1. The maximum absolute atomic E-state index is 12.7. The van der Waals surface area contributed by atoms with Gasteiger partial charge in [0.05, 0.1) is 22.0 Å². The highest BCUT2D eigenvalue weighted by Gasteiger charge is 2.14. The van der Waals surface area contributed by atoms with Gasteiger partial charge in [0.25, 0.3) is 11.6 Å². The first-order valence-corrected chi connectivity index (χ1v) is 12.0. The molecule has 8 heteroatoms. The first-order chi connectivity index (χ1) is 19.0. The van der Waals surface area contributed by atoms with Crippen LogP contribution in [0.1, 0.15) is 5.56 Å². The summed E-state index contributed by atoms with van der Waals surface area (Å²) in [6.07, 6.45) is 1.47.